The quantitative estimate of drug-likeness (QED) is 0.703. The third-order valence-corrected chi connectivity index (χ3v) is 5.42. The number of pyridine rings is 1. The minimum Gasteiger partial charge on any atom is -0.382 e. The van der Waals surface area contributed by atoms with E-state index in [0.29, 0.717) is 18.8 Å². The van der Waals surface area contributed by atoms with Crippen molar-refractivity contribution in [2.45, 2.75) is 18.9 Å². The second-order valence-corrected chi connectivity index (χ2v) is 7.47. The number of benzene rings is 2. The zero-order valence-electron chi connectivity index (χ0n) is 16.2. The summed E-state index contributed by atoms with van der Waals surface area (Å²) in [5.41, 5.74) is 2.48. The first-order valence-electron chi connectivity index (χ1n) is 9.95. The van der Waals surface area contributed by atoms with Gasteiger partial charge in [-0.1, -0.05) is 42.5 Å². The average Bonchev–Trinajstić information content (AvgIpc) is 2.76. The summed E-state index contributed by atoms with van der Waals surface area (Å²) in [7, 11) is 0. The van der Waals surface area contributed by atoms with E-state index in [4.69, 9.17) is 0 Å². The molecule has 2 aromatic carbocycles. The lowest BCUT2D eigenvalue weighted by molar-refractivity contribution is 0.0654. The molecule has 0 bridgehead atoms. The first-order chi connectivity index (χ1) is 14.2. The number of nitrogens with zero attached hydrogens (tertiary/aromatic N) is 2. The Labute approximate surface area is 170 Å². The topological polar surface area (TPSA) is 45.2 Å². The van der Waals surface area contributed by atoms with Crippen molar-refractivity contribution in [1.29, 1.82) is 0 Å². The fourth-order valence-corrected chi connectivity index (χ4v) is 3.97. The second-order valence-electron chi connectivity index (χ2n) is 7.47. The third kappa shape index (κ3) is 4.80. The number of likely N-dealkylation sites (tertiary alicyclic amines) is 1. The number of rotatable bonds is 5. The van der Waals surface area contributed by atoms with Gasteiger partial charge in [-0.25, -0.2) is 4.39 Å². The Kier molecular flexibility index (Phi) is 5.84. The maximum Gasteiger partial charge on any atom is 0.272 e. The number of carbonyl (C=O) groups is 1. The Hall–Kier alpha value is -3.21. The van der Waals surface area contributed by atoms with Gasteiger partial charge in [0.25, 0.3) is 5.91 Å². The molecule has 0 spiro atoms. The third-order valence-electron chi connectivity index (χ3n) is 5.42. The highest BCUT2D eigenvalue weighted by atomic mass is 19.1. The van der Waals surface area contributed by atoms with Crippen LogP contribution in [0.25, 0.3) is 0 Å². The van der Waals surface area contributed by atoms with Gasteiger partial charge >= 0.3 is 0 Å². The number of piperidine rings is 1. The summed E-state index contributed by atoms with van der Waals surface area (Å²) in [4.78, 5) is 19.0. The van der Waals surface area contributed by atoms with Gasteiger partial charge in [0.05, 0.1) is 0 Å². The molecule has 1 aliphatic rings. The van der Waals surface area contributed by atoms with Gasteiger partial charge in [-0.15, -0.1) is 0 Å². The van der Waals surface area contributed by atoms with Crippen molar-refractivity contribution < 1.29 is 9.18 Å². The van der Waals surface area contributed by atoms with Crippen molar-refractivity contribution in [3.63, 3.8) is 0 Å². The monoisotopic (exact) mass is 389 g/mol. The van der Waals surface area contributed by atoms with Crippen LogP contribution in [0.15, 0.2) is 79.0 Å². The molecule has 1 aliphatic heterocycles. The van der Waals surface area contributed by atoms with Crippen LogP contribution >= 0.6 is 0 Å². The van der Waals surface area contributed by atoms with Crippen LogP contribution in [-0.4, -0.2) is 34.9 Å². The Morgan fingerprint density at radius 2 is 1.90 bits per heavy atom. The molecule has 3 aromatic rings. The Bertz CT molecular complexity index is 949. The SMILES string of the molecule is O=C(c1ccccn1)N1CC[C@@H](Nc2cccc(F)c2)[C@@H](Cc2ccccc2)C1. The van der Waals surface area contributed by atoms with Gasteiger partial charge in [-0.05, 0) is 48.7 Å². The molecular formula is C24H24FN3O. The number of halogens is 1. The molecule has 1 amide bonds. The molecule has 0 unspecified atom stereocenters. The fraction of sp³-hybridized carbons (Fsp3) is 0.250. The van der Waals surface area contributed by atoms with Crippen LogP contribution in [0.4, 0.5) is 10.1 Å². The van der Waals surface area contributed by atoms with E-state index in [-0.39, 0.29) is 23.7 Å². The van der Waals surface area contributed by atoms with Gasteiger partial charge in [0.2, 0.25) is 0 Å². The molecule has 1 N–H and O–H groups in total. The highest BCUT2D eigenvalue weighted by Gasteiger charge is 2.32. The number of anilines is 1. The molecule has 29 heavy (non-hydrogen) atoms. The molecule has 0 radical (unpaired) electrons. The highest BCUT2D eigenvalue weighted by molar-refractivity contribution is 5.92. The maximum atomic E-state index is 13.6. The normalized spacial score (nSPS) is 19.0. The maximum absolute atomic E-state index is 13.6. The standard InChI is InChI=1S/C24H24FN3O/c25-20-9-6-10-21(16-20)27-22-12-14-28(24(29)23-11-4-5-13-26-23)17-19(22)15-18-7-2-1-3-8-18/h1-11,13,16,19,22,27H,12,14-15,17H2/t19-,22+/m0/s1. The Balaban J connectivity index is 1.53. The molecular weight excluding hydrogens is 365 g/mol. The van der Waals surface area contributed by atoms with E-state index < -0.39 is 0 Å². The first-order valence-corrected chi connectivity index (χ1v) is 9.95. The van der Waals surface area contributed by atoms with Gasteiger partial charge in [-0.2, -0.15) is 0 Å². The van der Waals surface area contributed by atoms with Crippen LogP contribution in [-0.2, 0) is 6.42 Å². The summed E-state index contributed by atoms with van der Waals surface area (Å²) in [6, 6.07) is 22.4. The average molecular weight is 389 g/mol. The molecule has 1 saturated heterocycles. The summed E-state index contributed by atoms with van der Waals surface area (Å²) >= 11 is 0. The zero-order chi connectivity index (χ0) is 20.1. The molecule has 5 heteroatoms. The van der Waals surface area contributed by atoms with E-state index in [2.05, 4.69) is 22.4 Å². The first kappa shape index (κ1) is 19.1. The highest BCUT2D eigenvalue weighted by Crippen LogP contribution is 2.26. The Morgan fingerprint density at radius 1 is 1.07 bits per heavy atom. The van der Waals surface area contributed by atoms with Crippen molar-refractivity contribution in [3.05, 3.63) is 96.1 Å². The van der Waals surface area contributed by atoms with Crippen molar-refractivity contribution in [2.75, 3.05) is 18.4 Å². The van der Waals surface area contributed by atoms with Crippen molar-refractivity contribution in [3.8, 4) is 0 Å². The van der Waals surface area contributed by atoms with Gasteiger partial charge in [0.1, 0.15) is 11.5 Å². The lowest BCUT2D eigenvalue weighted by Gasteiger charge is -2.39. The van der Waals surface area contributed by atoms with E-state index in [1.54, 1.807) is 18.3 Å². The molecule has 1 fully saturated rings. The molecule has 0 aliphatic carbocycles. The molecule has 148 valence electrons. The summed E-state index contributed by atoms with van der Waals surface area (Å²) in [6.45, 7) is 1.28. The van der Waals surface area contributed by atoms with Gasteiger partial charge < -0.3 is 10.2 Å². The minimum absolute atomic E-state index is 0.0344. The second kappa shape index (κ2) is 8.86. The van der Waals surface area contributed by atoms with Crippen LogP contribution in [0, 0.1) is 11.7 Å². The Morgan fingerprint density at radius 3 is 2.66 bits per heavy atom. The fourth-order valence-electron chi connectivity index (χ4n) is 3.97. The summed E-state index contributed by atoms with van der Waals surface area (Å²) in [6.07, 6.45) is 3.29. The van der Waals surface area contributed by atoms with Crippen molar-refractivity contribution >= 4 is 11.6 Å². The summed E-state index contributed by atoms with van der Waals surface area (Å²) in [5.74, 6) is -0.0766. The number of amides is 1. The number of carbonyl (C=O) groups excluding carboxylic acids is 1. The molecule has 2 atom stereocenters. The number of nitrogens with one attached hydrogen (secondary N) is 1. The molecule has 0 saturated carbocycles. The smallest absolute Gasteiger partial charge is 0.272 e. The molecule has 1 aromatic heterocycles. The van der Waals surface area contributed by atoms with Gasteiger partial charge in [-0.3, -0.25) is 9.78 Å². The predicted molar refractivity (Wildman–Crippen MR) is 112 cm³/mol. The predicted octanol–water partition coefficient (Wildman–Crippen LogP) is 4.41. The van der Waals surface area contributed by atoms with Crippen LogP contribution in [0.1, 0.15) is 22.5 Å². The van der Waals surface area contributed by atoms with E-state index in [1.165, 1.54) is 17.7 Å². The van der Waals surface area contributed by atoms with Gasteiger partial charge in [0.15, 0.2) is 0 Å². The van der Waals surface area contributed by atoms with E-state index >= 15 is 0 Å². The van der Waals surface area contributed by atoms with E-state index in [1.807, 2.05) is 41.3 Å². The molecule has 2 heterocycles. The minimum atomic E-state index is -0.252. The zero-order valence-corrected chi connectivity index (χ0v) is 16.2. The van der Waals surface area contributed by atoms with E-state index in [0.717, 1.165) is 18.5 Å². The largest absolute Gasteiger partial charge is 0.382 e. The molecule has 4 rings (SSSR count). The van der Waals surface area contributed by atoms with Crippen LogP contribution < -0.4 is 5.32 Å². The van der Waals surface area contributed by atoms with Crippen LogP contribution in [0.3, 0.4) is 0 Å². The van der Waals surface area contributed by atoms with Crippen LogP contribution in [0.2, 0.25) is 0 Å². The van der Waals surface area contributed by atoms with Gasteiger partial charge in [0, 0.05) is 36.9 Å². The number of aromatic nitrogens is 1. The van der Waals surface area contributed by atoms with Crippen molar-refractivity contribution in [2.24, 2.45) is 5.92 Å². The number of hydrogen-bond donors (Lipinski definition) is 1. The number of hydrogen-bond acceptors (Lipinski definition) is 3. The lowest BCUT2D eigenvalue weighted by Crippen LogP contribution is -2.49. The van der Waals surface area contributed by atoms with Crippen LogP contribution in [0.5, 0.6) is 0 Å². The van der Waals surface area contributed by atoms with E-state index in [9.17, 15) is 9.18 Å². The molecule has 4 nitrogen and oxygen atoms in total. The van der Waals surface area contributed by atoms with Crippen molar-refractivity contribution in [1.82, 2.24) is 9.88 Å². The lowest BCUT2D eigenvalue weighted by atomic mass is 9.86. The summed E-state index contributed by atoms with van der Waals surface area (Å²) < 4.78 is 13.6. The summed E-state index contributed by atoms with van der Waals surface area (Å²) in [5, 5.41) is 3.50.